The SMILES string of the molecule is CCc1nc(C)c([C@H](C)Nc2cnn(CC(F)F)c2)s1. The summed E-state index contributed by atoms with van der Waals surface area (Å²) in [6, 6.07) is 0.0806. The van der Waals surface area contributed by atoms with Crippen LogP contribution in [0, 0.1) is 6.92 Å². The van der Waals surface area contributed by atoms with E-state index in [0.717, 1.165) is 22.8 Å². The zero-order chi connectivity index (χ0) is 14.7. The lowest BCUT2D eigenvalue weighted by Gasteiger charge is -2.12. The Morgan fingerprint density at radius 2 is 2.20 bits per heavy atom. The fourth-order valence-electron chi connectivity index (χ4n) is 2.01. The van der Waals surface area contributed by atoms with Crippen LogP contribution in [0.3, 0.4) is 0 Å². The maximum absolute atomic E-state index is 12.3. The van der Waals surface area contributed by atoms with Gasteiger partial charge in [-0.05, 0) is 20.3 Å². The summed E-state index contributed by atoms with van der Waals surface area (Å²) in [6.07, 6.45) is 1.69. The highest BCUT2D eigenvalue weighted by Gasteiger charge is 2.14. The average Bonchev–Trinajstić information content (AvgIpc) is 2.95. The Balaban J connectivity index is 2.05. The first-order chi connectivity index (χ1) is 9.49. The fourth-order valence-corrected chi connectivity index (χ4v) is 3.02. The van der Waals surface area contributed by atoms with Gasteiger partial charge in [0.1, 0.15) is 6.54 Å². The van der Waals surface area contributed by atoms with Gasteiger partial charge in [0.25, 0.3) is 6.43 Å². The lowest BCUT2D eigenvalue weighted by atomic mass is 10.2. The Labute approximate surface area is 120 Å². The first-order valence-electron chi connectivity index (χ1n) is 6.53. The van der Waals surface area contributed by atoms with Crippen LogP contribution in [0.25, 0.3) is 0 Å². The first-order valence-corrected chi connectivity index (χ1v) is 7.34. The van der Waals surface area contributed by atoms with Crippen molar-refractivity contribution in [2.75, 3.05) is 5.32 Å². The van der Waals surface area contributed by atoms with Crippen molar-refractivity contribution in [3.8, 4) is 0 Å². The summed E-state index contributed by atoms with van der Waals surface area (Å²) in [5.74, 6) is 0. The van der Waals surface area contributed by atoms with Crippen molar-refractivity contribution in [2.45, 2.75) is 46.2 Å². The molecule has 2 aromatic heterocycles. The van der Waals surface area contributed by atoms with Gasteiger partial charge in [0, 0.05) is 11.1 Å². The van der Waals surface area contributed by atoms with Crippen LogP contribution >= 0.6 is 11.3 Å². The van der Waals surface area contributed by atoms with Gasteiger partial charge in [-0.15, -0.1) is 11.3 Å². The van der Waals surface area contributed by atoms with Crippen molar-refractivity contribution in [1.29, 1.82) is 0 Å². The summed E-state index contributed by atoms with van der Waals surface area (Å²) in [5.41, 5.74) is 1.76. The Morgan fingerprint density at radius 3 is 2.80 bits per heavy atom. The number of hydrogen-bond donors (Lipinski definition) is 1. The largest absolute Gasteiger partial charge is 0.375 e. The molecule has 0 bridgehead atoms. The van der Waals surface area contributed by atoms with Gasteiger partial charge in [-0.2, -0.15) is 5.10 Å². The molecule has 0 aliphatic rings. The van der Waals surface area contributed by atoms with E-state index in [1.54, 1.807) is 23.7 Å². The van der Waals surface area contributed by atoms with E-state index in [-0.39, 0.29) is 12.6 Å². The molecular formula is C13H18F2N4S. The standard InChI is InChI=1S/C13H18F2N4S/c1-4-12-18-9(3)13(20-12)8(2)17-10-5-16-19(6-10)7-11(14)15/h5-6,8,11,17H,4,7H2,1-3H3/t8-/m0/s1. The molecule has 0 radical (unpaired) electrons. The molecule has 0 spiro atoms. The number of rotatable bonds is 6. The zero-order valence-electron chi connectivity index (χ0n) is 11.7. The number of hydrogen-bond acceptors (Lipinski definition) is 4. The van der Waals surface area contributed by atoms with Crippen LogP contribution < -0.4 is 5.32 Å². The first kappa shape index (κ1) is 14.9. The molecule has 20 heavy (non-hydrogen) atoms. The van der Waals surface area contributed by atoms with E-state index < -0.39 is 6.43 Å². The highest BCUT2D eigenvalue weighted by atomic mass is 32.1. The molecule has 2 heterocycles. The number of alkyl halides is 2. The zero-order valence-corrected chi connectivity index (χ0v) is 12.5. The van der Waals surface area contributed by atoms with Crippen LogP contribution in [0.4, 0.5) is 14.5 Å². The third-order valence-electron chi connectivity index (χ3n) is 2.91. The monoisotopic (exact) mass is 300 g/mol. The summed E-state index contributed by atoms with van der Waals surface area (Å²) in [5, 5.41) is 8.29. The maximum Gasteiger partial charge on any atom is 0.257 e. The van der Waals surface area contributed by atoms with Crippen molar-refractivity contribution in [1.82, 2.24) is 14.8 Å². The topological polar surface area (TPSA) is 42.7 Å². The molecular weight excluding hydrogens is 282 g/mol. The van der Waals surface area contributed by atoms with E-state index in [1.807, 2.05) is 13.8 Å². The molecule has 110 valence electrons. The Bertz CT molecular complexity index is 564. The molecule has 0 aliphatic carbocycles. The number of aryl methyl sites for hydroxylation is 2. The van der Waals surface area contributed by atoms with Crippen molar-refractivity contribution in [2.24, 2.45) is 0 Å². The second-order valence-electron chi connectivity index (χ2n) is 4.62. The summed E-state index contributed by atoms with van der Waals surface area (Å²) in [4.78, 5) is 5.66. The lowest BCUT2D eigenvalue weighted by molar-refractivity contribution is 0.122. The predicted octanol–water partition coefficient (Wildman–Crippen LogP) is 3.65. The molecule has 0 saturated carbocycles. The third kappa shape index (κ3) is 3.53. The number of aromatic nitrogens is 3. The predicted molar refractivity (Wildman–Crippen MR) is 76.5 cm³/mol. The van der Waals surface area contributed by atoms with Gasteiger partial charge in [-0.3, -0.25) is 4.68 Å². The van der Waals surface area contributed by atoms with Crippen LogP contribution in [0.5, 0.6) is 0 Å². The van der Waals surface area contributed by atoms with Gasteiger partial charge >= 0.3 is 0 Å². The number of nitrogens with zero attached hydrogens (tertiary/aromatic N) is 3. The van der Waals surface area contributed by atoms with Crippen LogP contribution in [0.1, 0.15) is 35.5 Å². The minimum atomic E-state index is -2.39. The van der Waals surface area contributed by atoms with Crippen LogP contribution in [-0.2, 0) is 13.0 Å². The van der Waals surface area contributed by atoms with E-state index in [9.17, 15) is 8.78 Å². The van der Waals surface area contributed by atoms with Crippen molar-refractivity contribution < 1.29 is 8.78 Å². The molecule has 0 amide bonds. The molecule has 0 aliphatic heterocycles. The van der Waals surface area contributed by atoms with Gasteiger partial charge < -0.3 is 5.32 Å². The normalized spacial score (nSPS) is 12.9. The summed E-state index contributed by atoms with van der Waals surface area (Å²) in [7, 11) is 0. The molecule has 1 N–H and O–H groups in total. The smallest absolute Gasteiger partial charge is 0.257 e. The van der Waals surface area contributed by atoms with E-state index >= 15 is 0 Å². The summed E-state index contributed by atoms with van der Waals surface area (Å²) in [6.45, 7) is 5.72. The van der Waals surface area contributed by atoms with E-state index in [4.69, 9.17) is 0 Å². The molecule has 4 nitrogen and oxygen atoms in total. The molecule has 0 unspecified atom stereocenters. The van der Waals surface area contributed by atoms with Gasteiger partial charge in [-0.1, -0.05) is 6.92 Å². The summed E-state index contributed by atoms with van der Waals surface area (Å²) >= 11 is 1.68. The van der Waals surface area contributed by atoms with Crippen LogP contribution in [0.2, 0.25) is 0 Å². The second-order valence-corrected chi connectivity index (χ2v) is 5.73. The average molecular weight is 300 g/mol. The van der Waals surface area contributed by atoms with Crippen LogP contribution in [-0.4, -0.2) is 21.2 Å². The number of thiazole rings is 1. The molecule has 1 atom stereocenters. The number of nitrogens with one attached hydrogen (secondary N) is 1. The Morgan fingerprint density at radius 1 is 1.45 bits per heavy atom. The van der Waals surface area contributed by atoms with Crippen molar-refractivity contribution in [3.63, 3.8) is 0 Å². The lowest BCUT2D eigenvalue weighted by Crippen LogP contribution is -2.07. The molecule has 2 aromatic rings. The number of halogens is 2. The van der Waals surface area contributed by atoms with Gasteiger partial charge in [0.05, 0.1) is 28.6 Å². The van der Waals surface area contributed by atoms with E-state index in [1.165, 1.54) is 9.56 Å². The quantitative estimate of drug-likeness (QED) is 0.885. The second kappa shape index (κ2) is 6.30. The maximum atomic E-state index is 12.3. The molecule has 0 saturated heterocycles. The summed E-state index contributed by atoms with van der Waals surface area (Å²) < 4.78 is 25.8. The highest BCUT2D eigenvalue weighted by Crippen LogP contribution is 2.28. The van der Waals surface area contributed by atoms with Gasteiger partial charge in [-0.25, -0.2) is 13.8 Å². The van der Waals surface area contributed by atoms with Crippen molar-refractivity contribution >= 4 is 17.0 Å². The molecule has 0 aromatic carbocycles. The minimum Gasteiger partial charge on any atom is -0.375 e. The van der Waals surface area contributed by atoms with Gasteiger partial charge in [0.15, 0.2) is 0 Å². The van der Waals surface area contributed by atoms with Gasteiger partial charge in [0.2, 0.25) is 0 Å². The van der Waals surface area contributed by atoms with E-state index in [2.05, 4.69) is 22.3 Å². The third-order valence-corrected chi connectivity index (χ3v) is 4.40. The molecule has 7 heteroatoms. The van der Waals surface area contributed by atoms with Crippen molar-refractivity contribution in [3.05, 3.63) is 28.0 Å². The van der Waals surface area contributed by atoms with Crippen LogP contribution in [0.15, 0.2) is 12.4 Å². The number of anilines is 1. The van der Waals surface area contributed by atoms with E-state index in [0.29, 0.717) is 0 Å². The molecule has 2 rings (SSSR count). The Kier molecular flexibility index (Phi) is 4.69. The Hall–Kier alpha value is -1.50. The minimum absolute atomic E-state index is 0.0806. The highest BCUT2D eigenvalue weighted by molar-refractivity contribution is 7.11. The molecule has 0 fully saturated rings. The fraction of sp³-hybridized carbons (Fsp3) is 0.538.